The maximum absolute atomic E-state index is 11.2. The average molecular weight is 185 g/mol. The highest BCUT2D eigenvalue weighted by Crippen LogP contribution is 2.32. The fourth-order valence-corrected chi connectivity index (χ4v) is 1.04. The van der Waals surface area contributed by atoms with Gasteiger partial charge in [-0.1, -0.05) is 0 Å². The van der Waals surface area contributed by atoms with E-state index in [0.29, 0.717) is 12.3 Å². The van der Waals surface area contributed by atoms with Crippen LogP contribution in [0.1, 0.15) is 33.1 Å². The Bertz CT molecular complexity index is 231. The van der Waals surface area contributed by atoms with Crippen molar-refractivity contribution < 1.29 is 14.7 Å². The third-order valence-corrected chi connectivity index (χ3v) is 2.16. The zero-order chi connectivity index (χ0) is 10.1. The lowest BCUT2D eigenvalue weighted by Crippen LogP contribution is -2.49. The first-order valence-electron chi connectivity index (χ1n) is 4.46. The van der Waals surface area contributed by atoms with Crippen LogP contribution in [-0.2, 0) is 9.59 Å². The van der Waals surface area contributed by atoms with Crippen LogP contribution in [0.2, 0.25) is 0 Å². The zero-order valence-electron chi connectivity index (χ0n) is 7.96. The molecule has 1 fully saturated rings. The molecule has 0 saturated heterocycles. The summed E-state index contributed by atoms with van der Waals surface area (Å²) in [7, 11) is 0. The van der Waals surface area contributed by atoms with Crippen LogP contribution in [0.15, 0.2) is 0 Å². The highest BCUT2D eigenvalue weighted by atomic mass is 16.4. The minimum Gasteiger partial charge on any atom is -0.480 e. The fraction of sp³-hybridized carbons (Fsp3) is 0.778. The van der Waals surface area contributed by atoms with Crippen LogP contribution in [0.3, 0.4) is 0 Å². The average Bonchev–Trinajstić information content (AvgIpc) is 2.69. The second kappa shape index (κ2) is 3.36. The van der Waals surface area contributed by atoms with Gasteiger partial charge in [-0.15, -0.1) is 0 Å². The third kappa shape index (κ3) is 3.05. The van der Waals surface area contributed by atoms with Gasteiger partial charge in [0.25, 0.3) is 0 Å². The first-order chi connectivity index (χ1) is 5.92. The molecule has 2 N–H and O–H groups in total. The minimum atomic E-state index is -1.15. The summed E-state index contributed by atoms with van der Waals surface area (Å²) in [5.41, 5.74) is -1.15. The lowest BCUT2D eigenvalue weighted by molar-refractivity contribution is -0.146. The van der Waals surface area contributed by atoms with Crippen LogP contribution < -0.4 is 5.32 Å². The molecule has 0 atom stereocenters. The monoisotopic (exact) mass is 185 g/mol. The highest BCUT2D eigenvalue weighted by molar-refractivity contribution is 5.86. The molecular formula is C9H15NO3. The lowest BCUT2D eigenvalue weighted by atomic mass is 10.1. The summed E-state index contributed by atoms with van der Waals surface area (Å²) < 4.78 is 0. The molecule has 0 radical (unpaired) electrons. The van der Waals surface area contributed by atoms with Crippen molar-refractivity contribution >= 4 is 11.9 Å². The van der Waals surface area contributed by atoms with E-state index in [-0.39, 0.29) is 5.91 Å². The number of hydrogen-bond acceptors (Lipinski definition) is 2. The topological polar surface area (TPSA) is 66.4 Å². The van der Waals surface area contributed by atoms with E-state index in [2.05, 4.69) is 5.32 Å². The normalized spacial score (nSPS) is 16.8. The largest absolute Gasteiger partial charge is 0.480 e. The Kier molecular flexibility index (Phi) is 2.59. The van der Waals surface area contributed by atoms with E-state index in [0.717, 1.165) is 12.8 Å². The summed E-state index contributed by atoms with van der Waals surface area (Å²) in [6.45, 7) is 2.97. The van der Waals surface area contributed by atoms with E-state index in [1.165, 1.54) is 13.8 Å². The van der Waals surface area contributed by atoms with Crippen LogP contribution in [0.25, 0.3) is 0 Å². The van der Waals surface area contributed by atoms with Gasteiger partial charge >= 0.3 is 5.97 Å². The van der Waals surface area contributed by atoms with Crippen LogP contribution >= 0.6 is 0 Å². The summed E-state index contributed by atoms with van der Waals surface area (Å²) in [5, 5.41) is 11.2. The maximum Gasteiger partial charge on any atom is 0.328 e. The number of carboxylic acid groups (broad SMARTS) is 1. The summed E-state index contributed by atoms with van der Waals surface area (Å²) in [6, 6.07) is 0. The zero-order valence-corrected chi connectivity index (χ0v) is 7.96. The molecule has 1 rings (SSSR count). The molecule has 0 aliphatic heterocycles. The number of rotatable bonds is 4. The van der Waals surface area contributed by atoms with Crippen molar-refractivity contribution in [1.82, 2.24) is 5.32 Å². The number of hydrogen-bond donors (Lipinski definition) is 2. The Morgan fingerprint density at radius 2 is 2.00 bits per heavy atom. The molecule has 74 valence electrons. The Hall–Kier alpha value is -1.06. The molecule has 4 heteroatoms. The maximum atomic E-state index is 11.2. The molecule has 1 saturated carbocycles. The molecule has 1 amide bonds. The standard InChI is InChI=1S/C9H15NO3/c1-9(2,8(12)13)10-7(11)5-6-3-4-6/h6H,3-5H2,1-2H3,(H,10,11)(H,12,13). The summed E-state index contributed by atoms with van der Waals surface area (Å²) >= 11 is 0. The molecule has 1 aliphatic rings. The van der Waals surface area contributed by atoms with Crippen molar-refractivity contribution in [2.24, 2.45) is 5.92 Å². The number of carbonyl (C=O) groups excluding carboxylic acids is 1. The fourth-order valence-electron chi connectivity index (χ4n) is 1.04. The number of amides is 1. The summed E-state index contributed by atoms with van der Waals surface area (Å²) in [4.78, 5) is 21.9. The SMILES string of the molecule is CC(C)(NC(=O)CC1CC1)C(=O)O. The molecule has 0 aromatic carbocycles. The number of carbonyl (C=O) groups is 2. The van der Waals surface area contributed by atoms with Gasteiger partial charge in [0, 0.05) is 6.42 Å². The van der Waals surface area contributed by atoms with Gasteiger partial charge in [0.05, 0.1) is 0 Å². The Morgan fingerprint density at radius 1 is 1.46 bits per heavy atom. The van der Waals surface area contributed by atoms with E-state index in [4.69, 9.17) is 5.11 Å². The van der Waals surface area contributed by atoms with E-state index < -0.39 is 11.5 Å². The molecule has 0 unspecified atom stereocenters. The van der Waals surface area contributed by atoms with Crippen LogP contribution in [0.5, 0.6) is 0 Å². The second-order valence-electron chi connectivity index (χ2n) is 4.13. The second-order valence-corrected chi connectivity index (χ2v) is 4.13. The van der Waals surface area contributed by atoms with Crippen LogP contribution in [0, 0.1) is 5.92 Å². The molecular weight excluding hydrogens is 170 g/mol. The predicted octanol–water partition coefficient (Wildman–Crippen LogP) is 0.766. The quantitative estimate of drug-likeness (QED) is 0.679. The molecule has 0 bridgehead atoms. The van der Waals surface area contributed by atoms with Crippen molar-refractivity contribution in [3.05, 3.63) is 0 Å². The Morgan fingerprint density at radius 3 is 2.38 bits per heavy atom. The van der Waals surface area contributed by atoms with Crippen molar-refractivity contribution in [3.8, 4) is 0 Å². The number of carboxylic acids is 1. The van der Waals surface area contributed by atoms with E-state index in [1.807, 2.05) is 0 Å². The van der Waals surface area contributed by atoms with Gasteiger partial charge in [0.15, 0.2) is 0 Å². The number of nitrogens with one attached hydrogen (secondary N) is 1. The third-order valence-electron chi connectivity index (χ3n) is 2.16. The van der Waals surface area contributed by atoms with Gasteiger partial charge in [-0.05, 0) is 32.6 Å². The van der Waals surface area contributed by atoms with Crippen LogP contribution in [0.4, 0.5) is 0 Å². The lowest BCUT2D eigenvalue weighted by Gasteiger charge is -2.20. The number of aliphatic carboxylic acids is 1. The molecule has 13 heavy (non-hydrogen) atoms. The molecule has 0 aromatic rings. The van der Waals surface area contributed by atoms with Gasteiger partial charge in [-0.25, -0.2) is 4.79 Å². The van der Waals surface area contributed by atoms with Gasteiger partial charge < -0.3 is 10.4 Å². The Balaban J connectivity index is 2.36. The molecule has 1 aliphatic carbocycles. The van der Waals surface area contributed by atoms with Crippen molar-refractivity contribution in [2.75, 3.05) is 0 Å². The molecule has 0 spiro atoms. The van der Waals surface area contributed by atoms with E-state index in [1.54, 1.807) is 0 Å². The smallest absolute Gasteiger partial charge is 0.328 e. The van der Waals surface area contributed by atoms with Gasteiger partial charge in [-0.2, -0.15) is 0 Å². The van der Waals surface area contributed by atoms with Crippen molar-refractivity contribution in [1.29, 1.82) is 0 Å². The van der Waals surface area contributed by atoms with E-state index >= 15 is 0 Å². The minimum absolute atomic E-state index is 0.157. The summed E-state index contributed by atoms with van der Waals surface area (Å²) in [6.07, 6.45) is 2.67. The van der Waals surface area contributed by atoms with Gasteiger partial charge in [0.2, 0.25) is 5.91 Å². The van der Waals surface area contributed by atoms with Crippen LogP contribution in [-0.4, -0.2) is 22.5 Å². The van der Waals surface area contributed by atoms with Crippen molar-refractivity contribution in [2.45, 2.75) is 38.6 Å². The first kappa shape index (κ1) is 10.0. The Labute approximate surface area is 77.3 Å². The predicted molar refractivity (Wildman–Crippen MR) is 47.2 cm³/mol. The molecule has 4 nitrogen and oxygen atoms in total. The van der Waals surface area contributed by atoms with E-state index in [9.17, 15) is 9.59 Å². The first-order valence-corrected chi connectivity index (χ1v) is 4.46. The molecule has 0 aromatic heterocycles. The highest BCUT2D eigenvalue weighted by Gasteiger charge is 2.31. The van der Waals surface area contributed by atoms with Gasteiger partial charge in [0.1, 0.15) is 5.54 Å². The van der Waals surface area contributed by atoms with Gasteiger partial charge in [-0.3, -0.25) is 4.79 Å². The van der Waals surface area contributed by atoms with Crippen molar-refractivity contribution in [3.63, 3.8) is 0 Å². The molecule has 0 heterocycles. The summed E-state index contributed by atoms with van der Waals surface area (Å²) in [5.74, 6) is -0.670.